The Bertz CT molecular complexity index is 1350. The summed E-state index contributed by atoms with van der Waals surface area (Å²) in [5.74, 6) is 0.657. The summed E-state index contributed by atoms with van der Waals surface area (Å²) in [4.78, 5) is 15.2. The lowest BCUT2D eigenvalue weighted by Crippen LogP contribution is -2.18. The fourth-order valence-corrected chi connectivity index (χ4v) is 5.32. The lowest BCUT2D eigenvalue weighted by atomic mass is 10.1. The second-order valence-corrected chi connectivity index (χ2v) is 10.3. The molecule has 0 radical (unpaired) electrons. The Labute approximate surface area is 204 Å². The van der Waals surface area contributed by atoms with Crippen LogP contribution in [0.1, 0.15) is 28.8 Å². The van der Waals surface area contributed by atoms with Crippen molar-refractivity contribution in [3.05, 3.63) is 71.8 Å². The Morgan fingerprint density at radius 2 is 1.60 bits per heavy atom. The number of carbonyl (C=O) groups excluding carboxylic acids is 1. The molecule has 0 saturated carbocycles. The molecule has 2 heterocycles. The third-order valence-electron chi connectivity index (χ3n) is 6.15. The average Bonchev–Trinajstić information content (AvgIpc) is 3.40. The molecule has 0 bridgehead atoms. The minimum absolute atomic E-state index is 0.0661. The lowest BCUT2D eigenvalue weighted by Gasteiger charge is -2.19. The van der Waals surface area contributed by atoms with Gasteiger partial charge in [-0.25, -0.2) is 8.42 Å². The van der Waals surface area contributed by atoms with Gasteiger partial charge in [-0.3, -0.25) is 9.52 Å². The van der Waals surface area contributed by atoms with Crippen molar-refractivity contribution in [1.82, 2.24) is 0 Å². The first kappa shape index (κ1) is 23.0. The number of sulfonamides is 1. The molecule has 3 aromatic carbocycles. The minimum atomic E-state index is -3.84. The van der Waals surface area contributed by atoms with Gasteiger partial charge in [0.15, 0.2) is 11.5 Å². The molecule has 182 valence electrons. The van der Waals surface area contributed by atoms with Crippen molar-refractivity contribution in [2.24, 2.45) is 0 Å². The third-order valence-corrected chi connectivity index (χ3v) is 7.53. The van der Waals surface area contributed by atoms with Crippen LogP contribution in [0.25, 0.3) is 0 Å². The molecular formula is C26H27N3O5S. The molecule has 0 atom stereocenters. The number of nitrogens with one attached hydrogen (secondary N) is 2. The van der Waals surface area contributed by atoms with E-state index < -0.39 is 10.0 Å². The van der Waals surface area contributed by atoms with E-state index in [1.165, 1.54) is 30.7 Å². The number of anilines is 3. The Balaban J connectivity index is 1.25. The summed E-state index contributed by atoms with van der Waals surface area (Å²) in [6, 6.07) is 16.8. The number of fused-ring (bicyclic) bond motifs is 1. The van der Waals surface area contributed by atoms with Gasteiger partial charge in [-0.15, -0.1) is 0 Å². The van der Waals surface area contributed by atoms with Crippen molar-refractivity contribution in [2.75, 3.05) is 41.2 Å². The van der Waals surface area contributed by atoms with Gasteiger partial charge in [0.1, 0.15) is 13.2 Å². The van der Waals surface area contributed by atoms with Crippen LogP contribution in [-0.4, -0.2) is 40.6 Å². The molecule has 0 aromatic heterocycles. The summed E-state index contributed by atoms with van der Waals surface area (Å²) in [6.45, 7) is 4.91. The molecule has 2 N–H and O–H groups in total. The molecule has 1 fully saturated rings. The number of carbonyl (C=O) groups is 1. The van der Waals surface area contributed by atoms with Crippen molar-refractivity contribution < 1.29 is 22.7 Å². The maximum absolute atomic E-state index is 12.8. The fraction of sp³-hybridized carbons (Fsp3) is 0.269. The fourth-order valence-electron chi connectivity index (χ4n) is 4.25. The number of hydrogen-bond donors (Lipinski definition) is 2. The largest absolute Gasteiger partial charge is 0.486 e. The summed E-state index contributed by atoms with van der Waals surface area (Å²) in [6.07, 6.45) is 2.42. The molecule has 9 heteroatoms. The number of benzene rings is 3. The molecule has 35 heavy (non-hydrogen) atoms. The number of rotatable bonds is 6. The van der Waals surface area contributed by atoms with E-state index in [4.69, 9.17) is 9.47 Å². The van der Waals surface area contributed by atoms with Gasteiger partial charge in [0.25, 0.3) is 15.9 Å². The van der Waals surface area contributed by atoms with Gasteiger partial charge in [0.2, 0.25) is 0 Å². The van der Waals surface area contributed by atoms with E-state index in [0.29, 0.717) is 36.0 Å². The van der Waals surface area contributed by atoms with Gasteiger partial charge in [0, 0.05) is 41.8 Å². The van der Waals surface area contributed by atoms with Crippen LogP contribution >= 0.6 is 0 Å². The van der Waals surface area contributed by atoms with Gasteiger partial charge in [-0.1, -0.05) is 0 Å². The second-order valence-electron chi connectivity index (χ2n) is 8.64. The zero-order valence-corrected chi connectivity index (χ0v) is 20.2. The van der Waals surface area contributed by atoms with Gasteiger partial charge < -0.3 is 19.7 Å². The van der Waals surface area contributed by atoms with E-state index in [0.717, 1.165) is 24.3 Å². The first-order valence-electron chi connectivity index (χ1n) is 11.6. The van der Waals surface area contributed by atoms with Crippen LogP contribution in [0.5, 0.6) is 11.5 Å². The van der Waals surface area contributed by atoms with E-state index in [-0.39, 0.29) is 10.8 Å². The zero-order chi connectivity index (χ0) is 24.4. The molecule has 1 saturated heterocycles. The van der Waals surface area contributed by atoms with Crippen LogP contribution in [-0.2, 0) is 10.0 Å². The van der Waals surface area contributed by atoms with E-state index in [1.54, 1.807) is 30.3 Å². The van der Waals surface area contributed by atoms with Crippen LogP contribution in [0.15, 0.2) is 65.6 Å². The first-order valence-corrected chi connectivity index (χ1v) is 13.1. The maximum atomic E-state index is 12.8. The van der Waals surface area contributed by atoms with E-state index in [1.807, 2.05) is 19.1 Å². The smallest absolute Gasteiger partial charge is 0.262 e. The van der Waals surface area contributed by atoms with Gasteiger partial charge >= 0.3 is 0 Å². The number of amides is 1. The van der Waals surface area contributed by atoms with Gasteiger partial charge in [-0.2, -0.15) is 0 Å². The Kier molecular flexibility index (Phi) is 6.25. The number of ether oxygens (including phenoxy) is 2. The van der Waals surface area contributed by atoms with Crippen molar-refractivity contribution in [3.63, 3.8) is 0 Å². The molecule has 5 rings (SSSR count). The molecular weight excluding hydrogens is 466 g/mol. The summed E-state index contributed by atoms with van der Waals surface area (Å²) in [7, 11) is -3.84. The van der Waals surface area contributed by atoms with Crippen molar-refractivity contribution in [1.29, 1.82) is 0 Å². The molecule has 2 aliphatic rings. The maximum Gasteiger partial charge on any atom is 0.262 e. The standard InChI is InChI=1S/C26H27N3O5S/c1-18-16-21(29-12-2-3-13-29)8-10-23(18)27-26(30)19-4-6-20(7-5-19)28-35(31,32)22-9-11-24-25(17-22)34-15-14-33-24/h4-11,16-17,28H,2-3,12-15H2,1H3,(H,27,30). The number of aryl methyl sites for hydroxylation is 1. The Morgan fingerprint density at radius 1 is 0.886 bits per heavy atom. The highest BCUT2D eigenvalue weighted by Crippen LogP contribution is 2.33. The monoisotopic (exact) mass is 493 g/mol. The van der Waals surface area contributed by atoms with Crippen LogP contribution in [0, 0.1) is 6.92 Å². The highest BCUT2D eigenvalue weighted by atomic mass is 32.2. The second kappa shape index (κ2) is 9.50. The molecule has 3 aromatic rings. The van der Waals surface area contributed by atoms with Crippen LogP contribution in [0.3, 0.4) is 0 Å². The van der Waals surface area contributed by atoms with Gasteiger partial charge in [-0.05, 0) is 79.9 Å². The summed E-state index contributed by atoms with van der Waals surface area (Å²) in [5, 5.41) is 2.94. The quantitative estimate of drug-likeness (QED) is 0.528. The predicted molar refractivity (Wildman–Crippen MR) is 135 cm³/mol. The topological polar surface area (TPSA) is 97.0 Å². The third kappa shape index (κ3) is 5.05. The molecule has 0 aliphatic carbocycles. The molecule has 1 amide bonds. The zero-order valence-electron chi connectivity index (χ0n) is 19.4. The number of nitrogens with zero attached hydrogens (tertiary/aromatic N) is 1. The highest BCUT2D eigenvalue weighted by Gasteiger charge is 2.20. The lowest BCUT2D eigenvalue weighted by molar-refractivity contribution is 0.102. The first-order chi connectivity index (χ1) is 16.9. The van der Waals surface area contributed by atoms with E-state index in [9.17, 15) is 13.2 Å². The normalized spacial score (nSPS) is 15.1. The van der Waals surface area contributed by atoms with Crippen molar-refractivity contribution in [2.45, 2.75) is 24.7 Å². The number of hydrogen-bond acceptors (Lipinski definition) is 6. The van der Waals surface area contributed by atoms with Crippen LogP contribution in [0.4, 0.5) is 17.1 Å². The summed E-state index contributed by atoms with van der Waals surface area (Å²) in [5.41, 5.74) is 3.69. The SMILES string of the molecule is Cc1cc(N2CCCC2)ccc1NC(=O)c1ccc(NS(=O)(=O)c2ccc3c(c2)OCCO3)cc1. The van der Waals surface area contributed by atoms with E-state index in [2.05, 4.69) is 21.0 Å². The van der Waals surface area contributed by atoms with Crippen LogP contribution in [0.2, 0.25) is 0 Å². The molecule has 0 unspecified atom stereocenters. The Hall–Kier alpha value is -3.72. The average molecular weight is 494 g/mol. The summed E-state index contributed by atoms with van der Waals surface area (Å²) < 4.78 is 39.1. The van der Waals surface area contributed by atoms with Crippen molar-refractivity contribution >= 4 is 33.0 Å². The molecule has 0 spiro atoms. The van der Waals surface area contributed by atoms with E-state index >= 15 is 0 Å². The Morgan fingerprint density at radius 3 is 2.31 bits per heavy atom. The predicted octanol–water partition coefficient (Wildman–Crippen LogP) is 4.42. The van der Waals surface area contributed by atoms with Crippen LogP contribution < -0.4 is 24.4 Å². The highest BCUT2D eigenvalue weighted by molar-refractivity contribution is 7.92. The minimum Gasteiger partial charge on any atom is -0.486 e. The molecule has 2 aliphatic heterocycles. The molecule has 8 nitrogen and oxygen atoms in total. The van der Waals surface area contributed by atoms with Gasteiger partial charge in [0.05, 0.1) is 4.90 Å². The summed E-state index contributed by atoms with van der Waals surface area (Å²) >= 11 is 0. The van der Waals surface area contributed by atoms with Crippen molar-refractivity contribution in [3.8, 4) is 11.5 Å².